The Kier molecular flexibility index (Phi) is 17.0. The lowest BCUT2D eigenvalue weighted by molar-refractivity contribution is 0.512. The molecule has 9 nitrogen and oxygen atoms in total. The molecule has 1 aliphatic heterocycles. The molecule has 9 heteroatoms. The van der Waals surface area contributed by atoms with E-state index in [1.165, 1.54) is 5.57 Å². The third-order valence-corrected chi connectivity index (χ3v) is 20.8. The third-order valence-electron chi connectivity index (χ3n) is 20.8. The molecule has 109 heavy (non-hydrogen) atoms. The van der Waals surface area contributed by atoms with E-state index in [0.29, 0.717) is 11.6 Å². The Balaban J connectivity index is 0.616. The standard InChI is InChI=1S/C100H70N7O2/c1-65-61-79(58-60-92(65)108-66(2)67-41-43-68(44-42-67)83-63-86(71-49-55-78(56-50-71)100-103-89-38-22-24-40-93(89)109-100)97(75-31-15-6-16-32-75)104-94(83)72-25-9-3-10-26-72)80-57-59-88-91(62-80)107(82-35-19-8-20-36-82)99(102-88)77-53-47-70(48-54-77)85-64-84(95(73-27-11-4-12-28-73)105-96(85)74-29-13-5-14-30-74)69-45-51-76(52-46-69)98-101-87-37-21-23-39-90(87)106(98)81-33-17-7-18-34-81/h3-15,17-31,33-64,95H,2,16,32H2,1H3/q-1. The first-order chi connectivity index (χ1) is 53.8. The third kappa shape index (κ3) is 12.6. The van der Waals surface area contributed by atoms with Gasteiger partial charge in [-0.05, 0) is 166 Å². The summed E-state index contributed by atoms with van der Waals surface area (Å²) in [5, 5.41) is 5.75. The number of imidazole rings is 2. The maximum absolute atomic E-state index is 6.69. The molecule has 5 heterocycles. The van der Waals surface area contributed by atoms with E-state index in [2.05, 4.69) is 338 Å². The minimum atomic E-state index is -0.270. The predicted octanol–water partition coefficient (Wildman–Crippen LogP) is 25.7. The van der Waals surface area contributed by atoms with E-state index < -0.39 is 0 Å². The number of aromatic nitrogens is 6. The second-order valence-corrected chi connectivity index (χ2v) is 27.7. The number of pyridine rings is 1. The van der Waals surface area contributed by atoms with E-state index in [1.807, 2.05) is 48.5 Å². The Morgan fingerprint density at radius 3 is 1.61 bits per heavy atom. The van der Waals surface area contributed by atoms with Crippen LogP contribution in [-0.4, -0.2) is 29.1 Å². The van der Waals surface area contributed by atoms with Gasteiger partial charge in [0, 0.05) is 50.3 Å². The zero-order valence-electron chi connectivity index (χ0n) is 59.8. The summed E-state index contributed by atoms with van der Waals surface area (Å²) < 4.78 is 17.4. The Labute approximate surface area is 632 Å². The lowest BCUT2D eigenvalue weighted by Gasteiger charge is -2.43. The lowest BCUT2D eigenvalue weighted by atomic mass is 9.84. The van der Waals surface area contributed by atoms with E-state index in [1.54, 1.807) is 0 Å². The Bertz CT molecular complexity index is 6400. The van der Waals surface area contributed by atoms with Crippen molar-refractivity contribution < 1.29 is 9.15 Å². The first-order valence-electron chi connectivity index (χ1n) is 37.0. The van der Waals surface area contributed by atoms with Crippen molar-refractivity contribution in [2.24, 2.45) is 0 Å². The predicted molar refractivity (Wildman–Crippen MR) is 447 cm³/mol. The van der Waals surface area contributed by atoms with Crippen LogP contribution in [0.5, 0.6) is 5.75 Å². The van der Waals surface area contributed by atoms with Crippen LogP contribution < -0.4 is 4.74 Å². The summed E-state index contributed by atoms with van der Waals surface area (Å²) in [4.78, 5) is 21.0. The number of aryl methyl sites for hydroxylation is 1. The average molecular weight is 1400 g/mol. The SMILES string of the molecule is C=C(Oc1ccc(-c2ccc3nc(-c4ccc(C5=C(c6ccccc6)[N-]C(c6ccccc6)C(c6ccc(-c7nc8ccccc8n7-c7ccccc7)cc6)=C5)cc4)n(-c4ccccc4)c3c2)cc1C)c1ccc(-c2cc(-c3ccc(-c4nc5ccccc5o4)cc3)c(C3=CC=CCC3)nc2-c2ccccc2)cc1. The highest BCUT2D eigenvalue weighted by molar-refractivity contribution is 6.07. The number of oxazole rings is 1. The number of ether oxygens (including phenoxy) is 1. The average Bonchev–Trinajstić information content (AvgIpc) is 1.54. The summed E-state index contributed by atoms with van der Waals surface area (Å²) in [5.41, 5.74) is 30.1. The highest BCUT2D eigenvalue weighted by Gasteiger charge is 2.25. The summed E-state index contributed by atoms with van der Waals surface area (Å²) in [6, 6.07) is 118. The molecule has 1 unspecified atom stereocenters. The van der Waals surface area contributed by atoms with Gasteiger partial charge in [-0.15, -0.1) is 5.70 Å². The van der Waals surface area contributed by atoms with Crippen LogP contribution in [-0.2, 0) is 0 Å². The van der Waals surface area contributed by atoms with Crippen LogP contribution in [0.15, 0.2) is 375 Å². The van der Waals surface area contributed by atoms with Crippen molar-refractivity contribution in [1.29, 1.82) is 0 Å². The maximum Gasteiger partial charge on any atom is 0.227 e. The van der Waals surface area contributed by atoms with E-state index in [-0.39, 0.29) is 6.04 Å². The van der Waals surface area contributed by atoms with E-state index in [4.69, 9.17) is 34.4 Å². The molecule has 17 aromatic rings. The lowest BCUT2D eigenvalue weighted by Crippen LogP contribution is -2.08. The van der Waals surface area contributed by atoms with Gasteiger partial charge in [-0.3, -0.25) is 9.13 Å². The second kappa shape index (κ2) is 28.3. The smallest absolute Gasteiger partial charge is 0.227 e. The molecule has 0 fully saturated rings. The number of nitrogens with zero attached hydrogens (tertiary/aromatic N) is 7. The van der Waals surface area contributed by atoms with Gasteiger partial charge < -0.3 is 14.5 Å². The molecule has 0 saturated heterocycles. The zero-order chi connectivity index (χ0) is 72.7. The first-order valence-corrected chi connectivity index (χ1v) is 37.0. The van der Waals surface area contributed by atoms with Crippen molar-refractivity contribution in [2.75, 3.05) is 0 Å². The first kappa shape index (κ1) is 65.5. The Morgan fingerprint density at radius 1 is 0.431 bits per heavy atom. The van der Waals surface area contributed by atoms with Gasteiger partial charge >= 0.3 is 0 Å². The number of para-hydroxylation sites is 6. The fraction of sp³-hybridized carbons (Fsp3) is 0.0400. The fourth-order valence-electron chi connectivity index (χ4n) is 15.3. The van der Waals surface area contributed by atoms with Crippen molar-refractivity contribution in [3.63, 3.8) is 0 Å². The van der Waals surface area contributed by atoms with Gasteiger partial charge in [0.15, 0.2) is 5.58 Å². The number of hydrogen-bond acceptors (Lipinski definition) is 6. The van der Waals surface area contributed by atoms with Crippen LogP contribution in [0.3, 0.4) is 0 Å². The molecule has 0 radical (unpaired) electrons. The second-order valence-electron chi connectivity index (χ2n) is 27.7. The van der Waals surface area contributed by atoms with Gasteiger partial charge in [0.2, 0.25) is 5.89 Å². The molecule has 0 N–H and O–H groups in total. The summed E-state index contributed by atoms with van der Waals surface area (Å²) in [5.74, 6) is 3.59. The zero-order valence-corrected chi connectivity index (χ0v) is 59.8. The molecule has 0 saturated carbocycles. The van der Waals surface area contributed by atoms with Crippen LogP contribution in [0.2, 0.25) is 0 Å². The molecule has 0 bridgehead atoms. The molecule has 13 aromatic carbocycles. The minimum Gasteiger partial charge on any atom is -0.673 e. The van der Waals surface area contributed by atoms with Crippen LogP contribution in [0, 0.1) is 6.92 Å². The molecule has 518 valence electrons. The summed E-state index contributed by atoms with van der Waals surface area (Å²) >= 11 is 0. The van der Waals surface area contributed by atoms with Gasteiger partial charge in [0.1, 0.15) is 28.7 Å². The van der Waals surface area contributed by atoms with Gasteiger partial charge in [-0.1, -0.05) is 297 Å². The highest BCUT2D eigenvalue weighted by atomic mass is 16.5. The van der Waals surface area contributed by atoms with Crippen molar-refractivity contribution in [1.82, 2.24) is 29.1 Å². The van der Waals surface area contributed by atoms with Crippen molar-refractivity contribution in [3.8, 4) is 96.0 Å². The van der Waals surface area contributed by atoms with Crippen molar-refractivity contribution >= 4 is 61.3 Å². The summed E-state index contributed by atoms with van der Waals surface area (Å²) in [7, 11) is 0. The number of hydrogen-bond donors (Lipinski definition) is 0. The van der Waals surface area contributed by atoms with E-state index >= 15 is 0 Å². The molecular weight excluding hydrogens is 1330 g/mol. The normalized spacial score (nSPS) is 13.5. The minimum absolute atomic E-state index is 0.270. The number of allylic oxidation sites excluding steroid dienone is 6. The number of fused-ring (bicyclic) bond motifs is 3. The summed E-state index contributed by atoms with van der Waals surface area (Å²) in [6.45, 7) is 6.58. The van der Waals surface area contributed by atoms with Crippen LogP contribution in [0.4, 0.5) is 0 Å². The maximum atomic E-state index is 6.69. The van der Waals surface area contributed by atoms with Gasteiger partial charge in [-0.2, -0.15) is 0 Å². The van der Waals surface area contributed by atoms with E-state index in [9.17, 15) is 0 Å². The number of rotatable bonds is 17. The molecule has 0 spiro atoms. The van der Waals surface area contributed by atoms with E-state index in [0.717, 1.165) is 192 Å². The van der Waals surface area contributed by atoms with Crippen molar-refractivity contribution in [3.05, 3.63) is 415 Å². The highest BCUT2D eigenvalue weighted by Crippen LogP contribution is 2.51. The molecule has 19 rings (SSSR count). The van der Waals surface area contributed by atoms with Crippen molar-refractivity contribution in [2.45, 2.75) is 25.8 Å². The van der Waals surface area contributed by atoms with Crippen LogP contribution in [0.25, 0.3) is 157 Å². The Hall–Kier alpha value is -14.3. The monoisotopic (exact) mass is 1400 g/mol. The number of benzene rings is 13. The molecular formula is C100H70N7O2-. The molecule has 0 amide bonds. The van der Waals surface area contributed by atoms with Gasteiger partial charge in [-0.25, -0.2) is 19.9 Å². The molecule has 4 aromatic heterocycles. The topological polar surface area (TPSA) is 97.9 Å². The molecule has 1 aliphatic carbocycles. The largest absolute Gasteiger partial charge is 0.673 e. The van der Waals surface area contributed by atoms with Gasteiger partial charge in [0.25, 0.3) is 0 Å². The Morgan fingerprint density at radius 2 is 0.954 bits per heavy atom. The quantitative estimate of drug-likeness (QED) is 0.0843. The molecule has 1 atom stereocenters. The van der Waals surface area contributed by atoms with Crippen LogP contribution >= 0.6 is 0 Å². The molecule has 2 aliphatic rings. The van der Waals surface area contributed by atoms with Gasteiger partial charge in [0.05, 0.1) is 33.5 Å². The van der Waals surface area contributed by atoms with Crippen LogP contribution in [0.1, 0.15) is 58.0 Å². The summed E-state index contributed by atoms with van der Waals surface area (Å²) in [6.07, 6.45) is 10.8. The fourth-order valence-corrected chi connectivity index (χ4v) is 15.3.